The van der Waals surface area contributed by atoms with Crippen molar-refractivity contribution in [3.05, 3.63) is 42.1 Å². The number of hydrogen-bond donors (Lipinski definition) is 1. The quantitative estimate of drug-likeness (QED) is 0.699. The molecule has 15 heavy (non-hydrogen) atoms. The summed E-state index contributed by atoms with van der Waals surface area (Å²) in [5.41, 5.74) is 6.20. The van der Waals surface area contributed by atoms with E-state index in [9.17, 15) is 0 Å². The first-order valence-electron chi connectivity index (χ1n) is 4.08. The van der Waals surface area contributed by atoms with Gasteiger partial charge in [0.05, 0.1) is 0 Å². The number of aliphatic hydroxyl groups excluding tert-OH is 1. The molecule has 80 valence electrons. The maximum Gasteiger partial charge on any atom is 2.00 e. The molecule has 0 aliphatic rings. The number of hydrogen-bond acceptors (Lipinski definition) is 3. The molecule has 5 heteroatoms. The Kier molecular flexibility index (Phi) is 25.6. The van der Waals surface area contributed by atoms with Crippen LogP contribution in [0, 0.1) is 0 Å². The smallest absolute Gasteiger partial charge is 0.676 e. The molecule has 0 amide bonds. The molecule has 1 aromatic carbocycles. The molecule has 0 saturated carbocycles. The van der Waals surface area contributed by atoms with Gasteiger partial charge in [-0.3, -0.25) is 0 Å². The van der Waals surface area contributed by atoms with Gasteiger partial charge in [-0.05, 0) is 6.92 Å². The fourth-order valence-electron chi connectivity index (χ4n) is 0.385. The van der Waals surface area contributed by atoms with E-state index in [1.165, 1.54) is 0 Å². The molecule has 0 aliphatic carbocycles. The Hall–Kier alpha value is -0.455. The van der Waals surface area contributed by atoms with Crippen LogP contribution in [0.1, 0.15) is 6.92 Å². The van der Waals surface area contributed by atoms with Crippen molar-refractivity contribution in [1.29, 1.82) is 0 Å². The topological polar surface area (TPSA) is 84.2 Å². The van der Waals surface area contributed by atoms with Crippen molar-refractivity contribution in [3.63, 3.8) is 0 Å². The van der Waals surface area contributed by atoms with Crippen LogP contribution in [0.3, 0.4) is 0 Å². The Morgan fingerprint density at radius 2 is 1.33 bits per heavy atom. The van der Waals surface area contributed by atoms with E-state index >= 15 is 0 Å². The summed E-state index contributed by atoms with van der Waals surface area (Å²) in [6.45, 7) is 1.08. The van der Waals surface area contributed by atoms with E-state index in [0.717, 1.165) is 6.92 Å². The van der Waals surface area contributed by atoms with Gasteiger partial charge >= 0.3 is 27.7 Å². The SMILES string of the molecule is CC(=O)[O-].[Hg+2].[NH-]CCO.c1ccccc1. The molecule has 0 unspecified atom stereocenters. The number of carbonyl (C=O) groups excluding carboxylic acids is 1. The van der Waals surface area contributed by atoms with Crippen LogP contribution in [0.25, 0.3) is 5.73 Å². The van der Waals surface area contributed by atoms with Crippen molar-refractivity contribution in [2.24, 2.45) is 0 Å². The number of aliphatic hydroxyl groups is 1. The van der Waals surface area contributed by atoms with E-state index in [1.54, 1.807) is 0 Å². The van der Waals surface area contributed by atoms with Crippen LogP contribution in [0.5, 0.6) is 0 Å². The Balaban J connectivity index is -0.000000145. The van der Waals surface area contributed by atoms with E-state index in [1.807, 2.05) is 36.4 Å². The van der Waals surface area contributed by atoms with Gasteiger partial charge in [-0.15, -0.1) is 6.54 Å². The maximum atomic E-state index is 8.89. The maximum absolute atomic E-state index is 8.89. The van der Waals surface area contributed by atoms with Crippen LogP contribution in [0.15, 0.2) is 36.4 Å². The van der Waals surface area contributed by atoms with Crippen molar-refractivity contribution in [3.8, 4) is 0 Å². The minimum Gasteiger partial charge on any atom is -0.676 e. The third kappa shape index (κ3) is 42.1. The van der Waals surface area contributed by atoms with Crippen LogP contribution < -0.4 is 5.11 Å². The molecule has 0 bridgehead atoms. The number of aliphatic carboxylic acids is 1. The molecular formula is C10H15HgNO3. The average molecular weight is 398 g/mol. The van der Waals surface area contributed by atoms with Crippen LogP contribution in [0.4, 0.5) is 0 Å². The van der Waals surface area contributed by atoms with E-state index in [-0.39, 0.29) is 40.8 Å². The van der Waals surface area contributed by atoms with Crippen LogP contribution in [-0.4, -0.2) is 24.2 Å². The predicted octanol–water partition coefficient (Wildman–Crippen LogP) is 0.471. The van der Waals surface area contributed by atoms with Gasteiger partial charge < -0.3 is 20.7 Å². The molecule has 0 spiro atoms. The predicted molar refractivity (Wildman–Crippen MR) is 53.4 cm³/mol. The zero-order chi connectivity index (χ0) is 11.2. The summed E-state index contributed by atoms with van der Waals surface area (Å²) in [6.07, 6.45) is 0. The van der Waals surface area contributed by atoms with Gasteiger partial charge in [0.1, 0.15) is 0 Å². The summed E-state index contributed by atoms with van der Waals surface area (Å²) in [5.74, 6) is -1.08. The van der Waals surface area contributed by atoms with E-state index < -0.39 is 5.97 Å². The number of benzene rings is 1. The zero-order valence-electron chi connectivity index (χ0n) is 8.85. The third-order valence-electron chi connectivity index (χ3n) is 0.778. The molecule has 0 saturated heterocycles. The number of carbonyl (C=O) groups is 1. The van der Waals surface area contributed by atoms with E-state index in [4.69, 9.17) is 20.7 Å². The molecule has 1 rings (SSSR count). The van der Waals surface area contributed by atoms with Gasteiger partial charge in [0.25, 0.3) is 0 Å². The van der Waals surface area contributed by atoms with Gasteiger partial charge in [-0.2, -0.15) is 0 Å². The van der Waals surface area contributed by atoms with E-state index in [0.29, 0.717) is 0 Å². The minimum atomic E-state index is -1.08. The zero-order valence-corrected chi connectivity index (χ0v) is 14.3. The van der Waals surface area contributed by atoms with Crippen LogP contribution in [-0.2, 0) is 32.5 Å². The van der Waals surface area contributed by atoms with Crippen molar-refractivity contribution in [2.75, 3.05) is 13.2 Å². The summed E-state index contributed by atoms with van der Waals surface area (Å²) in [7, 11) is 0. The van der Waals surface area contributed by atoms with Crippen molar-refractivity contribution >= 4 is 5.97 Å². The number of carboxylic acids is 1. The van der Waals surface area contributed by atoms with Gasteiger partial charge in [-0.25, -0.2) is 0 Å². The number of nitrogens with one attached hydrogen (secondary N) is 1. The molecule has 0 fully saturated rings. The van der Waals surface area contributed by atoms with Crippen molar-refractivity contribution < 1.29 is 42.7 Å². The summed E-state index contributed by atoms with van der Waals surface area (Å²) in [6, 6.07) is 12.0. The summed E-state index contributed by atoms with van der Waals surface area (Å²) < 4.78 is 0. The minimum absolute atomic E-state index is 0. The normalized spacial score (nSPS) is 6.87. The second-order valence-electron chi connectivity index (χ2n) is 2.12. The Labute approximate surface area is 111 Å². The molecule has 1 aromatic rings. The standard InChI is InChI=1S/C6H6.C2H6NO.C2H4O2.Hg/c1-2-4-6-5-3-1;3-1-2-4;1-2(3)4;/h1-6H;3-4H,1-2H2;1H3,(H,3,4);/q;-1;;+2/p-1. The molecule has 2 N–H and O–H groups in total. The number of rotatable bonds is 1. The largest absolute Gasteiger partial charge is 2.00 e. The van der Waals surface area contributed by atoms with Gasteiger partial charge in [0, 0.05) is 12.6 Å². The second kappa shape index (κ2) is 19.2. The fraction of sp³-hybridized carbons (Fsp3) is 0.300. The summed E-state index contributed by atoms with van der Waals surface area (Å²) in [5, 5.41) is 16.6. The molecular weight excluding hydrogens is 383 g/mol. The molecule has 0 atom stereocenters. The van der Waals surface area contributed by atoms with Gasteiger partial charge in [0.2, 0.25) is 0 Å². The monoisotopic (exact) mass is 399 g/mol. The Bertz CT molecular complexity index is 174. The van der Waals surface area contributed by atoms with Gasteiger partial charge in [-0.1, -0.05) is 36.4 Å². The third-order valence-corrected chi connectivity index (χ3v) is 0.778. The Morgan fingerprint density at radius 3 is 1.40 bits per heavy atom. The molecule has 0 heterocycles. The fourth-order valence-corrected chi connectivity index (χ4v) is 0.385. The first-order chi connectivity index (χ1) is 6.65. The van der Waals surface area contributed by atoms with Gasteiger partial charge in [0.15, 0.2) is 0 Å². The summed E-state index contributed by atoms with van der Waals surface area (Å²) in [4.78, 5) is 8.89. The molecule has 4 nitrogen and oxygen atoms in total. The summed E-state index contributed by atoms with van der Waals surface area (Å²) >= 11 is 0. The first-order valence-corrected chi connectivity index (χ1v) is 4.08. The van der Waals surface area contributed by atoms with Crippen LogP contribution >= 0.6 is 0 Å². The average Bonchev–Trinajstić information content (AvgIpc) is 2.20. The molecule has 0 aromatic heterocycles. The number of carboxylic acid groups (broad SMARTS) is 1. The molecule has 0 radical (unpaired) electrons. The Morgan fingerprint density at radius 1 is 1.20 bits per heavy atom. The van der Waals surface area contributed by atoms with Crippen LogP contribution in [0.2, 0.25) is 0 Å². The van der Waals surface area contributed by atoms with Crippen molar-refractivity contribution in [1.82, 2.24) is 0 Å². The first kappa shape index (κ1) is 20.0. The van der Waals surface area contributed by atoms with Crippen molar-refractivity contribution in [2.45, 2.75) is 6.92 Å². The van der Waals surface area contributed by atoms with E-state index in [2.05, 4.69) is 0 Å². The molecule has 0 aliphatic heterocycles. The second-order valence-corrected chi connectivity index (χ2v) is 2.12.